The summed E-state index contributed by atoms with van der Waals surface area (Å²) in [6, 6.07) is 21.5. The molecule has 4 rings (SSSR count). The van der Waals surface area contributed by atoms with Gasteiger partial charge in [-0.05, 0) is 27.8 Å². The molecule has 2 aliphatic rings. The number of carbonyl (C=O) groups excluding carboxylic acids is 1. The third kappa shape index (κ3) is 3.54. The second-order valence-corrected chi connectivity index (χ2v) is 15.0. The van der Waals surface area contributed by atoms with Crippen molar-refractivity contribution in [3.8, 4) is 0 Å². The van der Waals surface area contributed by atoms with Gasteiger partial charge in [0.2, 0.25) is 0 Å². The topological polar surface area (TPSA) is 35.5 Å². The van der Waals surface area contributed by atoms with Crippen LogP contribution in [-0.2, 0) is 14.0 Å². The Morgan fingerprint density at radius 2 is 1.53 bits per heavy atom. The van der Waals surface area contributed by atoms with Crippen molar-refractivity contribution in [2.45, 2.75) is 58.6 Å². The fourth-order valence-electron chi connectivity index (χ4n) is 5.85. The molecule has 1 heterocycles. The first-order valence-electron chi connectivity index (χ1n) is 11.1. The highest BCUT2D eigenvalue weighted by atomic mass is 28.4. The van der Waals surface area contributed by atoms with E-state index in [0.717, 1.165) is 6.42 Å². The number of carbonyl (C=O) groups is 1. The summed E-state index contributed by atoms with van der Waals surface area (Å²) >= 11 is 0. The van der Waals surface area contributed by atoms with Crippen LogP contribution >= 0.6 is 0 Å². The predicted octanol–water partition coefficient (Wildman–Crippen LogP) is 4.54. The molecule has 2 aromatic carbocycles. The Morgan fingerprint density at radius 1 is 1.00 bits per heavy atom. The minimum Gasteiger partial charge on any atom is -0.461 e. The van der Waals surface area contributed by atoms with Gasteiger partial charge in [0.15, 0.2) is 0 Å². The zero-order valence-electron chi connectivity index (χ0n) is 18.9. The van der Waals surface area contributed by atoms with Gasteiger partial charge in [-0.15, -0.1) is 0 Å². The van der Waals surface area contributed by atoms with Crippen molar-refractivity contribution in [2.24, 2.45) is 17.3 Å². The van der Waals surface area contributed by atoms with Crippen LogP contribution < -0.4 is 10.4 Å². The fourth-order valence-corrected chi connectivity index (χ4v) is 10.5. The van der Waals surface area contributed by atoms with Gasteiger partial charge in [0.1, 0.15) is 6.10 Å². The Kier molecular flexibility index (Phi) is 5.44. The SMILES string of the molecule is CC1(C)C[C@@H](CO[Si](c2ccccc2)(c2ccccc2)C(C)(C)C)[C@@H]2CC(=O)O[C@@H]21. The Labute approximate surface area is 181 Å². The number of esters is 1. The molecule has 0 aromatic heterocycles. The van der Waals surface area contributed by atoms with E-state index in [1.807, 2.05) is 0 Å². The second kappa shape index (κ2) is 7.65. The van der Waals surface area contributed by atoms with Crippen LogP contribution in [-0.4, -0.2) is 27.0 Å². The lowest BCUT2D eigenvalue weighted by Crippen LogP contribution is -2.67. The zero-order chi connectivity index (χ0) is 21.6. The lowest BCUT2D eigenvalue weighted by molar-refractivity contribution is -0.145. The highest BCUT2D eigenvalue weighted by Crippen LogP contribution is 2.52. The van der Waals surface area contributed by atoms with Crippen LogP contribution in [0.2, 0.25) is 5.04 Å². The molecule has 2 fully saturated rings. The average Bonchev–Trinajstić information content (AvgIpc) is 3.20. The van der Waals surface area contributed by atoms with Crippen molar-refractivity contribution >= 4 is 24.7 Å². The summed E-state index contributed by atoms with van der Waals surface area (Å²) in [6.07, 6.45) is 1.59. The first kappa shape index (κ1) is 21.3. The van der Waals surface area contributed by atoms with E-state index >= 15 is 0 Å². The Morgan fingerprint density at radius 3 is 2.03 bits per heavy atom. The van der Waals surface area contributed by atoms with Gasteiger partial charge in [-0.3, -0.25) is 4.79 Å². The van der Waals surface area contributed by atoms with Crippen LogP contribution in [0.3, 0.4) is 0 Å². The van der Waals surface area contributed by atoms with E-state index in [1.54, 1.807) is 0 Å². The van der Waals surface area contributed by atoms with Crippen molar-refractivity contribution in [2.75, 3.05) is 6.61 Å². The number of ether oxygens (including phenoxy) is 1. The Bertz CT molecular complexity index is 846. The third-order valence-corrected chi connectivity index (χ3v) is 12.1. The van der Waals surface area contributed by atoms with Crippen LogP contribution in [0.1, 0.15) is 47.5 Å². The molecule has 1 aliphatic carbocycles. The standard InChI is InChI=1S/C26H34O3Si/c1-25(2,3)30(20-12-8-6-9-13-20,21-14-10-7-11-15-21)28-18-19-17-26(4,5)24-22(19)16-23(27)29-24/h6-15,19,22,24H,16-18H2,1-5H3/t19-,22-,24-/m0/s1. The highest BCUT2D eigenvalue weighted by Gasteiger charge is 2.56. The molecule has 3 nitrogen and oxygen atoms in total. The van der Waals surface area contributed by atoms with Gasteiger partial charge < -0.3 is 9.16 Å². The summed E-state index contributed by atoms with van der Waals surface area (Å²) in [6.45, 7) is 12.1. The number of hydrogen-bond donors (Lipinski definition) is 0. The maximum Gasteiger partial charge on any atom is 0.306 e. The lowest BCUT2D eigenvalue weighted by atomic mass is 9.88. The van der Waals surface area contributed by atoms with Gasteiger partial charge in [-0.2, -0.15) is 0 Å². The van der Waals surface area contributed by atoms with Crippen LogP contribution in [0.5, 0.6) is 0 Å². The molecule has 1 saturated heterocycles. The minimum atomic E-state index is -2.55. The zero-order valence-corrected chi connectivity index (χ0v) is 19.9. The molecule has 0 bridgehead atoms. The summed E-state index contributed by atoms with van der Waals surface area (Å²) < 4.78 is 12.9. The molecule has 0 spiro atoms. The van der Waals surface area contributed by atoms with Gasteiger partial charge in [0.05, 0.1) is 6.42 Å². The van der Waals surface area contributed by atoms with Gasteiger partial charge in [0.25, 0.3) is 8.32 Å². The van der Waals surface area contributed by atoms with Gasteiger partial charge in [-0.25, -0.2) is 0 Å². The summed E-state index contributed by atoms with van der Waals surface area (Å²) in [7, 11) is -2.55. The normalized spacial score (nSPS) is 25.8. The number of fused-ring (bicyclic) bond motifs is 1. The lowest BCUT2D eigenvalue weighted by Gasteiger charge is -2.43. The predicted molar refractivity (Wildman–Crippen MR) is 123 cm³/mol. The highest BCUT2D eigenvalue weighted by molar-refractivity contribution is 6.99. The molecule has 2 aromatic rings. The summed E-state index contributed by atoms with van der Waals surface area (Å²) in [5.74, 6) is 0.567. The third-order valence-electron chi connectivity index (χ3n) is 7.14. The quantitative estimate of drug-likeness (QED) is 0.524. The molecular formula is C26H34O3Si. The Hall–Kier alpha value is -1.91. The summed E-state index contributed by atoms with van der Waals surface area (Å²) in [5, 5.41) is 2.57. The van der Waals surface area contributed by atoms with Gasteiger partial charge in [-0.1, -0.05) is 95.3 Å². The molecule has 4 heteroatoms. The second-order valence-electron chi connectivity index (χ2n) is 10.7. The molecule has 0 radical (unpaired) electrons. The van der Waals surface area contributed by atoms with E-state index in [0.29, 0.717) is 18.9 Å². The van der Waals surface area contributed by atoms with Gasteiger partial charge >= 0.3 is 5.97 Å². The van der Waals surface area contributed by atoms with Crippen LogP contribution in [0, 0.1) is 17.3 Å². The molecule has 0 amide bonds. The van der Waals surface area contributed by atoms with Crippen molar-refractivity contribution < 1.29 is 14.0 Å². The molecule has 1 aliphatic heterocycles. The average molecular weight is 423 g/mol. The van der Waals surface area contributed by atoms with E-state index in [1.165, 1.54) is 10.4 Å². The maximum atomic E-state index is 12.0. The van der Waals surface area contributed by atoms with E-state index in [9.17, 15) is 4.79 Å². The van der Waals surface area contributed by atoms with Crippen molar-refractivity contribution in [3.05, 3.63) is 60.7 Å². The van der Waals surface area contributed by atoms with Crippen molar-refractivity contribution in [1.82, 2.24) is 0 Å². The Balaban J connectivity index is 1.72. The van der Waals surface area contributed by atoms with E-state index in [-0.39, 0.29) is 28.4 Å². The molecule has 1 saturated carbocycles. The summed E-state index contributed by atoms with van der Waals surface area (Å²) in [5.41, 5.74) is 0.0102. The van der Waals surface area contributed by atoms with Crippen LogP contribution in [0.4, 0.5) is 0 Å². The first-order chi connectivity index (χ1) is 14.1. The largest absolute Gasteiger partial charge is 0.461 e. The molecule has 0 N–H and O–H groups in total. The first-order valence-corrected chi connectivity index (χ1v) is 13.0. The smallest absolute Gasteiger partial charge is 0.306 e. The number of rotatable bonds is 5. The molecule has 3 atom stereocenters. The molecule has 30 heavy (non-hydrogen) atoms. The van der Waals surface area contributed by atoms with Crippen LogP contribution in [0.15, 0.2) is 60.7 Å². The van der Waals surface area contributed by atoms with E-state index in [2.05, 4.69) is 95.3 Å². The van der Waals surface area contributed by atoms with E-state index < -0.39 is 8.32 Å². The maximum absolute atomic E-state index is 12.0. The number of benzene rings is 2. The monoisotopic (exact) mass is 422 g/mol. The van der Waals surface area contributed by atoms with E-state index in [4.69, 9.17) is 9.16 Å². The van der Waals surface area contributed by atoms with Crippen LogP contribution in [0.25, 0.3) is 0 Å². The van der Waals surface area contributed by atoms with Crippen molar-refractivity contribution in [3.63, 3.8) is 0 Å². The molecular weight excluding hydrogens is 388 g/mol. The van der Waals surface area contributed by atoms with Gasteiger partial charge in [0, 0.05) is 17.9 Å². The summed E-state index contributed by atoms with van der Waals surface area (Å²) in [4.78, 5) is 12.0. The minimum absolute atomic E-state index is 0.0102. The fraction of sp³-hybridized carbons (Fsp3) is 0.500. The molecule has 160 valence electrons. The number of hydrogen-bond acceptors (Lipinski definition) is 3. The van der Waals surface area contributed by atoms with Crippen molar-refractivity contribution in [1.29, 1.82) is 0 Å². The molecule has 0 unspecified atom stereocenters.